The first-order valence-electron chi connectivity index (χ1n) is 8.75. The Morgan fingerprint density at radius 3 is 2.46 bits per heavy atom. The fourth-order valence-corrected chi connectivity index (χ4v) is 3.80. The first-order chi connectivity index (χ1) is 12.9. The molecule has 10 nitrogen and oxygen atoms in total. The molecule has 5 N–H and O–H groups in total. The number of ether oxygens (including phenoxy) is 2. The Bertz CT molecular complexity index is 578. The molecule has 0 aromatic carbocycles. The van der Waals surface area contributed by atoms with Crippen LogP contribution in [0.4, 0.5) is 0 Å². The molecule has 0 saturated carbocycles. The van der Waals surface area contributed by atoms with Crippen molar-refractivity contribution in [2.75, 3.05) is 5.75 Å². The normalized spacial score (nSPS) is 30.9. The zero-order valence-electron chi connectivity index (χ0n) is 15.9. The molecule has 28 heavy (non-hydrogen) atoms. The molecule has 0 radical (unpaired) electrons. The van der Waals surface area contributed by atoms with E-state index in [1.807, 2.05) is 0 Å². The van der Waals surface area contributed by atoms with Gasteiger partial charge in [-0.1, -0.05) is 18.7 Å². The third-order valence-corrected chi connectivity index (χ3v) is 5.33. The van der Waals surface area contributed by atoms with E-state index >= 15 is 0 Å². The van der Waals surface area contributed by atoms with Crippen molar-refractivity contribution in [1.82, 2.24) is 5.32 Å². The summed E-state index contributed by atoms with van der Waals surface area (Å²) < 4.78 is 10.9. The van der Waals surface area contributed by atoms with Gasteiger partial charge in [0.1, 0.15) is 12.2 Å². The van der Waals surface area contributed by atoms with Crippen LogP contribution < -0.4 is 5.32 Å². The zero-order chi connectivity index (χ0) is 21.6. The van der Waals surface area contributed by atoms with Crippen molar-refractivity contribution in [1.29, 1.82) is 0 Å². The number of aliphatic hydroxyl groups excluding tert-OH is 3. The molecule has 1 aliphatic heterocycles. The van der Waals surface area contributed by atoms with E-state index in [1.54, 1.807) is 6.92 Å². The average molecular weight is 441 g/mol. The smallest absolute Gasteiger partial charge is 0.364 e. The number of aliphatic hydroxyl groups is 3. The number of carboxylic acid groups (broad SMARTS) is 1. The van der Waals surface area contributed by atoms with Crippen LogP contribution in [0.15, 0.2) is 0 Å². The lowest BCUT2D eigenvalue weighted by Gasteiger charge is -2.47. The summed E-state index contributed by atoms with van der Waals surface area (Å²) in [4.78, 5) is 34.8. The van der Waals surface area contributed by atoms with Gasteiger partial charge in [-0.3, -0.25) is 9.59 Å². The Balaban J connectivity index is 3.14. The SMILES string of the molecule is CCC(=O)SC[C@@H](O)[C@@H](O)C1O[C@](OC(C)P)(C(=O)O)C[C@@H](O)[C@H]1NC(C)=O. The molecule has 1 aliphatic rings. The van der Waals surface area contributed by atoms with Crippen LogP contribution >= 0.6 is 21.0 Å². The number of carbonyl (C=O) groups excluding carboxylic acids is 2. The second kappa shape index (κ2) is 10.8. The molecule has 0 aliphatic carbocycles. The lowest BCUT2D eigenvalue weighted by Crippen LogP contribution is -2.68. The number of aliphatic carboxylic acids is 1. The number of nitrogens with one attached hydrogen (secondary N) is 1. The van der Waals surface area contributed by atoms with Crippen molar-refractivity contribution in [3.8, 4) is 0 Å². The van der Waals surface area contributed by atoms with E-state index in [0.29, 0.717) is 0 Å². The molecule has 1 rings (SSSR count). The summed E-state index contributed by atoms with van der Waals surface area (Å²) in [6.07, 6.45) is -6.39. The van der Waals surface area contributed by atoms with E-state index in [9.17, 15) is 34.8 Å². The molecular formula is C16H28NO9PS. The highest BCUT2D eigenvalue weighted by Crippen LogP contribution is 2.35. The largest absolute Gasteiger partial charge is 0.477 e. The molecule has 3 unspecified atom stereocenters. The molecule has 1 amide bonds. The number of hydrogen-bond donors (Lipinski definition) is 5. The van der Waals surface area contributed by atoms with Crippen molar-refractivity contribution in [3.63, 3.8) is 0 Å². The second-order valence-corrected chi connectivity index (χ2v) is 8.57. The number of amides is 1. The molecule has 0 bridgehead atoms. The van der Waals surface area contributed by atoms with Crippen LogP contribution in [0.1, 0.15) is 33.6 Å². The van der Waals surface area contributed by atoms with Crippen LogP contribution in [0.3, 0.4) is 0 Å². The third kappa shape index (κ3) is 6.62. The van der Waals surface area contributed by atoms with E-state index in [2.05, 4.69) is 14.6 Å². The Kier molecular flexibility index (Phi) is 9.75. The van der Waals surface area contributed by atoms with Gasteiger partial charge >= 0.3 is 5.97 Å². The minimum absolute atomic E-state index is 0.169. The first kappa shape index (κ1) is 25.2. The number of carboxylic acids is 1. The van der Waals surface area contributed by atoms with Crippen molar-refractivity contribution >= 4 is 38.0 Å². The van der Waals surface area contributed by atoms with E-state index in [0.717, 1.165) is 11.8 Å². The van der Waals surface area contributed by atoms with Gasteiger partial charge in [-0.05, 0) is 6.92 Å². The van der Waals surface area contributed by atoms with Gasteiger partial charge < -0.3 is 35.2 Å². The standard InChI is InChI=1S/C16H28NO9PS/c1-4-11(21)28-6-10(20)13(22)14-12(17-7(2)18)9(19)5-16(26-14,15(23)24)25-8(3)27/h8-10,12-14,19-20,22H,4-6,27H2,1-3H3,(H,17,18)(H,23,24)/t8?,9-,10-,12-,13-,14?,16+/m1/s1. The van der Waals surface area contributed by atoms with Crippen LogP contribution in [-0.2, 0) is 23.9 Å². The summed E-state index contributed by atoms with van der Waals surface area (Å²) in [6.45, 7) is 4.37. The maximum atomic E-state index is 11.8. The summed E-state index contributed by atoms with van der Waals surface area (Å²) >= 11 is 0.804. The molecule has 0 spiro atoms. The minimum Gasteiger partial charge on any atom is -0.477 e. The van der Waals surface area contributed by atoms with Gasteiger partial charge in [-0.2, -0.15) is 0 Å². The van der Waals surface area contributed by atoms with Crippen LogP contribution in [0, 0.1) is 0 Å². The van der Waals surface area contributed by atoms with Crippen LogP contribution in [0.2, 0.25) is 0 Å². The number of rotatable bonds is 9. The fourth-order valence-electron chi connectivity index (χ4n) is 2.82. The maximum absolute atomic E-state index is 11.8. The monoisotopic (exact) mass is 441 g/mol. The maximum Gasteiger partial charge on any atom is 0.364 e. The van der Waals surface area contributed by atoms with Gasteiger partial charge in [-0.25, -0.2) is 4.79 Å². The zero-order valence-corrected chi connectivity index (χ0v) is 17.9. The highest BCUT2D eigenvalue weighted by molar-refractivity contribution is 8.13. The van der Waals surface area contributed by atoms with E-state index in [-0.39, 0.29) is 17.3 Å². The van der Waals surface area contributed by atoms with Gasteiger partial charge in [0.15, 0.2) is 5.12 Å². The summed E-state index contributed by atoms with van der Waals surface area (Å²) in [5.74, 6) is -5.19. The summed E-state index contributed by atoms with van der Waals surface area (Å²) in [5, 5.41) is 43.1. The van der Waals surface area contributed by atoms with E-state index in [4.69, 9.17) is 9.47 Å². The highest BCUT2D eigenvalue weighted by Gasteiger charge is 2.56. The molecule has 12 heteroatoms. The Morgan fingerprint density at radius 2 is 2.00 bits per heavy atom. The van der Waals surface area contributed by atoms with E-state index in [1.165, 1.54) is 13.8 Å². The van der Waals surface area contributed by atoms with Gasteiger partial charge in [0.05, 0.1) is 24.1 Å². The minimum atomic E-state index is -2.28. The number of carbonyl (C=O) groups is 3. The summed E-state index contributed by atoms with van der Waals surface area (Å²) in [6, 6.07) is -1.19. The van der Waals surface area contributed by atoms with Crippen molar-refractivity contribution in [2.24, 2.45) is 0 Å². The summed E-state index contributed by atoms with van der Waals surface area (Å²) in [5.41, 5.74) is 0. The second-order valence-electron chi connectivity index (χ2n) is 6.56. The average Bonchev–Trinajstić information content (AvgIpc) is 2.59. The van der Waals surface area contributed by atoms with Crippen LogP contribution in [0.5, 0.6) is 0 Å². The topological polar surface area (TPSA) is 163 Å². The lowest BCUT2D eigenvalue weighted by atomic mass is 9.88. The lowest BCUT2D eigenvalue weighted by molar-refractivity contribution is -0.312. The predicted octanol–water partition coefficient (Wildman–Crippen LogP) is -0.949. The Labute approximate surface area is 169 Å². The fraction of sp³-hybridized carbons (Fsp3) is 0.812. The Morgan fingerprint density at radius 1 is 1.39 bits per heavy atom. The summed E-state index contributed by atoms with van der Waals surface area (Å²) in [7, 11) is 2.23. The first-order valence-corrected chi connectivity index (χ1v) is 10.4. The molecule has 8 atom stereocenters. The van der Waals surface area contributed by atoms with Crippen molar-refractivity contribution in [2.45, 2.75) is 75.7 Å². The highest BCUT2D eigenvalue weighted by atomic mass is 32.2. The quantitative estimate of drug-likeness (QED) is 0.282. The molecule has 1 fully saturated rings. The molecule has 1 heterocycles. The van der Waals surface area contributed by atoms with Crippen molar-refractivity contribution in [3.05, 3.63) is 0 Å². The molecule has 0 aromatic heterocycles. The Hall–Kier alpha value is -0.810. The number of hydrogen-bond acceptors (Lipinski definition) is 9. The van der Waals surface area contributed by atoms with Gasteiger partial charge in [0.2, 0.25) is 5.91 Å². The van der Waals surface area contributed by atoms with Gasteiger partial charge in [-0.15, -0.1) is 9.24 Å². The molecular weight excluding hydrogens is 413 g/mol. The predicted molar refractivity (Wildman–Crippen MR) is 103 cm³/mol. The molecule has 162 valence electrons. The number of thioether (sulfide) groups is 1. The van der Waals surface area contributed by atoms with Gasteiger partial charge in [0, 0.05) is 25.5 Å². The van der Waals surface area contributed by atoms with Crippen LogP contribution in [-0.4, -0.2) is 85.3 Å². The van der Waals surface area contributed by atoms with Crippen LogP contribution in [0.25, 0.3) is 0 Å². The van der Waals surface area contributed by atoms with E-state index < -0.39 is 60.4 Å². The van der Waals surface area contributed by atoms with Crippen molar-refractivity contribution < 1.29 is 44.3 Å². The third-order valence-electron chi connectivity index (χ3n) is 4.08. The van der Waals surface area contributed by atoms with Gasteiger partial charge in [0.25, 0.3) is 5.79 Å². The molecule has 0 aromatic rings. The molecule has 1 saturated heterocycles.